The summed E-state index contributed by atoms with van der Waals surface area (Å²) in [5, 5.41) is 9.84. The van der Waals surface area contributed by atoms with E-state index in [9.17, 15) is 9.90 Å². The Hall–Kier alpha value is -1.14. The molecular weight excluding hydrogens is 316 g/mol. The number of hydrogen-bond acceptors (Lipinski definition) is 4. The van der Waals surface area contributed by atoms with Gasteiger partial charge in [0.15, 0.2) is 5.82 Å². The molecule has 0 fully saturated rings. The van der Waals surface area contributed by atoms with Gasteiger partial charge in [0.25, 0.3) is 5.56 Å². The summed E-state index contributed by atoms with van der Waals surface area (Å²) in [6.07, 6.45) is 0. The number of aromatic amines is 1. The minimum absolute atomic E-state index is 0.0629. The minimum atomic E-state index is -0.283. The van der Waals surface area contributed by atoms with Crippen molar-refractivity contribution in [1.82, 2.24) is 9.97 Å². The third kappa shape index (κ3) is 2.35. The lowest BCUT2D eigenvalue weighted by atomic mass is 10.1. The van der Waals surface area contributed by atoms with Gasteiger partial charge in [-0.3, -0.25) is 4.79 Å². The molecule has 0 aliphatic rings. The van der Waals surface area contributed by atoms with Crippen LogP contribution >= 0.6 is 27.3 Å². The quantitative estimate of drug-likeness (QED) is 0.887. The van der Waals surface area contributed by atoms with Crippen molar-refractivity contribution in [2.24, 2.45) is 0 Å². The highest BCUT2D eigenvalue weighted by molar-refractivity contribution is 9.10. The van der Waals surface area contributed by atoms with Crippen LogP contribution in [0.1, 0.15) is 30.2 Å². The summed E-state index contributed by atoms with van der Waals surface area (Å²) in [5.74, 6) is 0.152. The fraction of sp³-hybridized carbons (Fsp3) is 0.333. The summed E-state index contributed by atoms with van der Waals surface area (Å²) in [7, 11) is 0. The normalized spacial score (nSPS) is 11.2. The van der Waals surface area contributed by atoms with E-state index >= 15 is 0 Å². The number of aryl methyl sites for hydroxylation is 1. The monoisotopic (exact) mass is 328 g/mol. The predicted molar refractivity (Wildman–Crippen MR) is 76.4 cm³/mol. The van der Waals surface area contributed by atoms with E-state index in [-0.39, 0.29) is 17.4 Å². The largest absolute Gasteiger partial charge is 0.493 e. The zero-order valence-corrected chi connectivity index (χ0v) is 12.6. The van der Waals surface area contributed by atoms with Crippen molar-refractivity contribution in [2.45, 2.75) is 26.7 Å². The molecule has 2 rings (SSSR count). The highest BCUT2D eigenvalue weighted by atomic mass is 79.9. The van der Waals surface area contributed by atoms with Crippen molar-refractivity contribution in [2.75, 3.05) is 0 Å². The van der Waals surface area contributed by atoms with Crippen LogP contribution in [0.2, 0.25) is 0 Å². The van der Waals surface area contributed by atoms with Crippen molar-refractivity contribution in [1.29, 1.82) is 0 Å². The van der Waals surface area contributed by atoms with Crippen molar-refractivity contribution in [3.8, 4) is 16.6 Å². The van der Waals surface area contributed by atoms with Gasteiger partial charge in [0.05, 0.1) is 10.4 Å². The number of thiophene rings is 1. The summed E-state index contributed by atoms with van der Waals surface area (Å²) in [6.45, 7) is 5.66. The lowest BCUT2D eigenvalue weighted by Crippen LogP contribution is -2.16. The molecule has 96 valence electrons. The Morgan fingerprint density at radius 2 is 2.17 bits per heavy atom. The van der Waals surface area contributed by atoms with Crippen LogP contribution in [0.3, 0.4) is 0 Å². The molecule has 4 nitrogen and oxygen atoms in total. The molecule has 0 atom stereocenters. The Morgan fingerprint density at radius 1 is 1.50 bits per heavy atom. The van der Waals surface area contributed by atoms with Gasteiger partial charge in [-0.15, -0.1) is 11.3 Å². The van der Waals surface area contributed by atoms with Crippen molar-refractivity contribution < 1.29 is 5.11 Å². The number of aromatic nitrogens is 2. The van der Waals surface area contributed by atoms with Gasteiger partial charge in [0.2, 0.25) is 5.88 Å². The zero-order valence-electron chi connectivity index (χ0n) is 10.2. The average Bonchev–Trinajstić information content (AvgIpc) is 2.57. The highest BCUT2D eigenvalue weighted by Crippen LogP contribution is 2.33. The van der Waals surface area contributed by atoms with Gasteiger partial charge >= 0.3 is 0 Å². The lowest BCUT2D eigenvalue weighted by molar-refractivity contribution is 0.440. The second kappa shape index (κ2) is 4.85. The molecule has 0 unspecified atom stereocenters. The molecule has 2 N–H and O–H groups in total. The number of H-pyrrole nitrogens is 1. The molecule has 6 heteroatoms. The molecule has 0 aliphatic carbocycles. The standard InChI is InChI=1S/C12H13BrN2O2S/c1-5(2)9-11(16)14-10(15-12(9)17)8-4-7(13)6(3)18-8/h4-5H,1-3H3,(H2,14,15,16,17). The molecule has 2 aromatic heterocycles. The molecule has 2 heterocycles. The maximum Gasteiger partial charge on any atom is 0.258 e. The van der Waals surface area contributed by atoms with Crippen molar-refractivity contribution in [3.63, 3.8) is 0 Å². The summed E-state index contributed by atoms with van der Waals surface area (Å²) in [6, 6.07) is 1.88. The van der Waals surface area contributed by atoms with E-state index in [0.717, 1.165) is 14.2 Å². The smallest absolute Gasteiger partial charge is 0.258 e. The first-order chi connectivity index (χ1) is 8.40. The number of hydrogen-bond donors (Lipinski definition) is 2. The molecule has 0 saturated heterocycles. The summed E-state index contributed by atoms with van der Waals surface area (Å²) < 4.78 is 0.970. The summed E-state index contributed by atoms with van der Waals surface area (Å²) >= 11 is 4.92. The Morgan fingerprint density at radius 3 is 2.61 bits per heavy atom. The lowest BCUT2D eigenvalue weighted by Gasteiger charge is -2.07. The summed E-state index contributed by atoms with van der Waals surface area (Å²) in [5.41, 5.74) is 0.0424. The third-order valence-corrected chi connectivity index (χ3v) is 4.75. The number of halogens is 1. The van der Waals surface area contributed by atoms with Gasteiger partial charge in [-0.05, 0) is 34.8 Å². The average molecular weight is 329 g/mol. The highest BCUT2D eigenvalue weighted by Gasteiger charge is 2.16. The molecule has 0 radical (unpaired) electrons. The molecule has 0 spiro atoms. The van der Waals surface area contributed by atoms with Crippen LogP contribution < -0.4 is 5.56 Å². The Balaban J connectivity index is 2.58. The van der Waals surface area contributed by atoms with Crippen molar-refractivity contribution in [3.05, 3.63) is 31.3 Å². The van der Waals surface area contributed by atoms with E-state index in [1.54, 1.807) is 0 Å². The number of aromatic hydroxyl groups is 1. The Bertz CT molecular complexity index is 627. The van der Waals surface area contributed by atoms with E-state index in [1.807, 2.05) is 26.8 Å². The van der Waals surface area contributed by atoms with Crippen LogP contribution in [0.15, 0.2) is 15.3 Å². The van der Waals surface area contributed by atoms with Crippen LogP contribution in [0.4, 0.5) is 0 Å². The molecule has 0 aliphatic heterocycles. The van der Waals surface area contributed by atoms with Crippen LogP contribution in [-0.2, 0) is 0 Å². The predicted octanol–water partition coefficient (Wildman–Crippen LogP) is 3.40. The van der Waals surface area contributed by atoms with Gasteiger partial charge in [-0.25, -0.2) is 0 Å². The fourth-order valence-corrected chi connectivity index (χ4v) is 3.16. The SMILES string of the molecule is Cc1sc(-c2nc(O)c(C(C)C)c(=O)[nH]2)cc1Br. The van der Waals surface area contributed by atoms with E-state index in [0.29, 0.717) is 11.4 Å². The molecule has 0 aromatic carbocycles. The van der Waals surface area contributed by atoms with Gasteiger partial charge in [0, 0.05) is 9.35 Å². The van der Waals surface area contributed by atoms with Gasteiger partial charge in [-0.2, -0.15) is 4.98 Å². The molecular formula is C12H13BrN2O2S. The number of rotatable bonds is 2. The van der Waals surface area contributed by atoms with Crippen LogP contribution in [0.5, 0.6) is 5.88 Å². The Labute approximate surface area is 117 Å². The van der Waals surface area contributed by atoms with E-state index in [1.165, 1.54) is 11.3 Å². The van der Waals surface area contributed by atoms with E-state index in [4.69, 9.17) is 0 Å². The second-order valence-corrected chi connectivity index (χ2v) is 6.43. The fourth-order valence-electron chi connectivity index (χ4n) is 1.68. The zero-order chi connectivity index (χ0) is 13.4. The molecule has 18 heavy (non-hydrogen) atoms. The molecule has 2 aromatic rings. The minimum Gasteiger partial charge on any atom is -0.493 e. The third-order valence-electron chi connectivity index (χ3n) is 2.60. The van der Waals surface area contributed by atoms with Crippen LogP contribution in [0.25, 0.3) is 10.7 Å². The van der Waals surface area contributed by atoms with Gasteiger partial charge in [0.1, 0.15) is 0 Å². The summed E-state index contributed by atoms with van der Waals surface area (Å²) in [4.78, 5) is 20.6. The number of nitrogens with zero attached hydrogens (tertiary/aromatic N) is 1. The topological polar surface area (TPSA) is 66.0 Å². The van der Waals surface area contributed by atoms with Gasteiger partial charge < -0.3 is 10.1 Å². The van der Waals surface area contributed by atoms with E-state index in [2.05, 4.69) is 25.9 Å². The maximum absolute atomic E-state index is 11.9. The van der Waals surface area contributed by atoms with Crippen LogP contribution in [0, 0.1) is 6.92 Å². The Kier molecular flexibility index (Phi) is 3.59. The first-order valence-electron chi connectivity index (χ1n) is 5.49. The molecule has 0 bridgehead atoms. The number of nitrogens with one attached hydrogen (secondary N) is 1. The van der Waals surface area contributed by atoms with Crippen LogP contribution in [-0.4, -0.2) is 15.1 Å². The maximum atomic E-state index is 11.9. The second-order valence-electron chi connectivity index (χ2n) is 4.32. The van der Waals surface area contributed by atoms with E-state index < -0.39 is 0 Å². The van der Waals surface area contributed by atoms with Crippen molar-refractivity contribution >= 4 is 27.3 Å². The molecule has 0 saturated carbocycles. The molecule has 0 amide bonds. The first-order valence-corrected chi connectivity index (χ1v) is 7.10. The van der Waals surface area contributed by atoms with Gasteiger partial charge in [-0.1, -0.05) is 13.8 Å². The first kappa shape index (κ1) is 13.3.